The lowest BCUT2D eigenvalue weighted by molar-refractivity contribution is -0.147. The van der Waals surface area contributed by atoms with Gasteiger partial charge in [0.1, 0.15) is 0 Å². The van der Waals surface area contributed by atoms with E-state index in [9.17, 15) is 9.59 Å². The van der Waals surface area contributed by atoms with Gasteiger partial charge in [0.15, 0.2) is 0 Å². The molecule has 0 bridgehead atoms. The van der Waals surface area contributed by atoms with Crippen molar-refractivity contribution >= 4 is 23.4 Å². The predicted molar refractivity (Wildman–Crippen MR) is 110 cm³/mol. The minimum absolute atomic E-state index is 0.118. The molecule has 0 saturated carbocycles. The number of piperidine rings is 1. The van der Waals surface area contributed by atoms with Gasteiger partial charge in [-0.3, -0.25) is 9.59 Å². The van der Waals surface area contributed by atoms with Gasteiger partial charge in [-0.05, 0) is 48.1 Å². The van der Waals surface area contributed by atoms with Crippen LogP contribution in [0.15, 0.2) is 48.5 Å². The first-order valence-electron chi connectivity index (χ1n) is 9.81. The SMILES string of the molecule is CN1Cc2ccccc2CC2(CCN(C(=O)Cc3ccc(Cl)cc3)CC2)C1=O. The average molecular weight is 397 g/mol. The van der Waals surface area contributed by atoms with E-state index in [2.05, 4.69) is 12.1 Å². The molecule has 2 heterocycles. The highest BCUT2D eigenvalue weighted by atomic mass is 35.5. The predicted octanol–water partition coefficient (Wildman–Crippen LogP) is 3.71. The van der Waals surface area contributed by atoms with Crippen LogP contribution in [0.3, 0.4) is 0 Å². The van der Waals surface area contributed by atoms with Crippen molar-refractivity contribution in [1.29, 1.82) is 0 Å². The van der Waals surface area contributed by atoms with E-state index >= 15 is 0 Å². The van der Waals surface area contributed by atoms with Crippen LogP contribution in [0.4, 0.5) is 0 Å². The van der Waals surface area contributed by atoms with Crippen LogP contribution in [-0.4, -0.2) is 41.8 Å². The van der Waals surface area contributed by atoms with E-state index in [1.165, 1.54) is 11.1 Å². The summed E-state index contributed by atoms with van der Waals surface area (Å²) in [7, 11) is 1.89. The quantitative estimate of drug-likeness (QED) is 0.776. The fourth-order valence-electron chi connectivity index (χ4n) is 4.52. The van der Waals surface area contributed by atoms with Crippen molar-refractivity contribution in [1.82, 2.24) is 9.80 Å². The number of carbonyl (C=O) groups excluding carboxylic acids is 2. The summed E-state index contributed by atoms with van der Waals surface area (Å²) >= 11 is 5.92. The molecule has 28 heavy (non-hydrogen) atoms. The van der Waals surface area contributed by atoms with Crippen LogP contribution >= 0.6 is 11.6 Å². The number of likely N-dealkylation sites (tertiary alicyclic amines) is 1. The highest BCUT2D eigenvalue weighted by molar-refractivity contribution is 6.30. The van der Waals surface area contributed by atoms with E-state index in [0.717, 1.165) is 24.8 Å². The molecule has 0 N–H and O–H groups in total. The lowest BCUT2D eigenvalue weighted by Crippen LogP contribution is -2.50. The van der Waals surface area contributed by atoms with Crippen LogP contribution in [-0.2, 0) is 29.0 Å². The van der Waals surface area contributed by atoms with E-state index in [4.69, 9.17) is 11.6 Å². The van der Waals surface area contributed by atoms with Crippen molar-refractivity contribution in [3.05, 3.63) is 70.2 Å². The van der Waals surface area contributed by atoms with E-state index in [-0.39, 0.29) is 11.8 Å². The molecule has 0 unspecified atom stereocenters. The number of fused-ring (bicyclic) bond motifs is 1. The molecule has 146 valence electrons. The summed E-state index contributed by atoms with van der Waals surface area (Å²) in [5, 5.41) is 0.674. The third-order valence-electron chi connectivity index (χ3n) is 6.20. The van der Waals surface area contributed by atoms with Crippen LogP contribution in [0.25, 0.3) is 0 Å². The minimum atomic E-state index is -0.390. The lowest BCUT2D eigenvalue weighted by Gasteiger charge is -2.41. The number of nitrogens with zero attached hydrogens (tertiary/aromatic N) is 2. The normalized spacial score (nSPS) is 18.7. The van der Waals surface area contributed by atoms with Crippen LogP contribution < -0.4 is 0 Å². The zero-order chi connectivity index (χ0) is 19.7. The lowest BCUT2D eigenvalue weighted by atomic mass is 9.73. The number of amides is 2. The summed E-state index contributed by atoms with van der Waals surface area (Å²) < 4.78 is 0. The molecule has 2 aliphatic rings. The van der Waals surface area contributed by atoms with Crippen LogP contribution in [0, 0.1) is 5.41 Å². The summed E-state index contributed by atoms with van der Waals surface area (Å²) in [6.45, 7) is 1.93. The molecule has 2 aliphatic heterocycles. The Labute approximate surface area is 171 Å². The largest absolute Gasteiger partial charge is 0.342 e. The first-order valence-corrected chi connectivity index (χ1v) is 10.2. The fraction of sp³-hybridized carbons (Fsp3) is 0.391. The second-order valence-electron chi connectivity index (χ2n) is 8.07. The maximum Gasteiger partial charge on any atom is 0.229 e. The second kappa shape index (κ2) is 7.59. The molecule has 2 aromatic rings. The van der Waals surface area contributed by atoms with Gasteiger partial charge in [-0.2, -0.15) is 0 Å². The second-order valence-corrected chi connectivity index (χ2v) is 8.51. The van der Waals surface area contributed by atoms with Gasteiger partial charge in [-0.15, -0.1) is 0 Å². The van der Waals surface area contributed by atoms with E-state index in [1.54, 1.807) is 0 Å². The molecule has 0 radical (unpaired) electrons. The molecular weight excluding hydrogens is 372 g/mol. The van der Waals surface area contributed by atoms with Gasteiger partial charge in [-0.25, -0.2) is 0 Å². The van der Waals surface area contributed by atoms with Gasteiger partial charge in [0.05, 0.1) is 11.8 Å². The maximum atomic E-state index is 13.2. The number of benzene rings is 2. The summed E-state index contributed by atoms with van der Waals surface area (Å²) in [6.07, 6.45) is 2.58. The van der Waals surface area contributed by atoms with Crippen molar-refractivity contribution in [3.8, 4) is 0 Å². The van der Waals surface area contributed by atoms with Crippen molar-refractivity contribution in [2.24, 2.45) is 5.41 Å². The standard InChI is InChI=1S/C23H25ClN2O2/c1-25-16-19-5-3-2-4-18(19)15-23(22(25)28)10-12-26(13-11-23)21(27)14-17-6-8-20(24)9-7-17/h2-9H,10-16H2,1H3. The molecule has 5 heteroatoms. The van der Waals surface area contributed by atoms with Gasteiger partial charge in [0, 0.05) is 31.7 Å². The van der Waals surface area contributed by atoms with E-state index in [0.29, 0.717) is 31.1 Å². The molecule has 0 aromatic heterocycles. The molecule has 1 spiro atoms. The summed E-state index contributed by atoms with van der Waals surface area (Å²) in [6, 6.07) is 15.8. The highest BCUT2D eigenvalue weighted by Gasteiger charge is 2.45. The topological polar surface area (TPSA) is 40.6 Å². The van der Waals surface area contributed by atoms with Crippen LogP contribution in [0.2, 0.25) is 5.02 Å². The molecule has 0 aliphatic carbocycles. The Balaban J connectivity index is 1.47. The fourth-order valence-corrected chi connectivity index (χ4v) is 4.65. The Hall–Kier alpha value is -2.33. The number of rotatable bonds is 2. The Morgan fingerprint density at radius 1 is 1.04 bits per heavy atom. The van der Waals surface area contributed by atoms with Crippen LogP contribution in [0.1, 0.15) is 29.5 Å². The molecule has 2 aromatic carbocycles. The zero-order valence-electron chi connectivity index (χ0n) is 16.2. The van der Waals surface area contributed by atoms with Gasteiger partial charge >= 0.3 is 0 Å². The van der Waals surface area contributed by atoms with Gasteiger partial charge < -0.3 is 9.80 Å². The summed E-state index contributed by atoms with van der Waals surface area (Å²) in [4.78, 5) is 29.7. The van der Waals surface area contributed by atoms with Gasteiger partial charge in [-0.1, -0.05) is 48.0 Å². The Morgan fingerprint density at radius 3 is 2.36 bits per heavy atom. The van der Waals surface area contributed by atoms with E-state index in [1.807, 2.05) is 53.2 Å². The van der Waals surface area contributed by atoms with Crippen molar-refractivity contribution in [2.75, 3.05) is 20.1 Å². The van der Waals surface area contributed by atoms with Crippen molar-refractivity contribution in [2.45, 2.75) is 32.2 Å². The van der Waals surface area contributed by atoms with E-state index < -0.39 is 5.41 Å². The summed E-state index contributed by atoms with van der Waals surface area (Å²) in [5.41, 5.74) is 3.07. The molecule has 4 rings (SSSR count). The third-order valence-corrected chi connectivity index (χ3v) is 6.45. The maximum absolute atomic E-state index is 13.2. The Kier molecular flexibility index (Phi) is 5.15. The third kappa shape index (κ3) is 3.66. The molecule has 1 saturated heterocycles. The molecule has 2 amide bonds. The number of carbonyl (C=O) groups is 2. The smallest absolute Gasteiger partial charge is 0.229 e. The number of hydrogen-bond acceptors (Lipinski definition) is 2. The number of hydrogen-bond donors (Lipinski definition) is 0. The van der Waals surface area contributed by atoms with Gasteiger partial charge in [0.2, 0.25) is 11.8 Å². The van der Waals surface area contributed by atoms with Crippen molar-refractivity contribution in [3.63, 3.8) is 0 Å². The first-order chi connectivity index (χ1) is 13.5. The Bertz CT molecular complexity index is 886. The highest BCUT2D eigenvalue weighted by Crippen LogP contribution is 2.40. The average Bonchev–Trinajstić information content (AvgIpc) is 2.80. The molecule has 0 atom stereocenters. The molecule has 1 fully saturated rings. The van der Waals surface area contributed by atoms with Crippen LogP contribution in [0.5, 0.6) is 0 Å². The monoisotopic (exact) mass is 396 g/mol. The minimum Gasteiger partial charge on any atom is -0.342 e. The van der Waals surface area contributed by atoms with Crippen molar-refractivity contribution < 1.29 is 9.59 Å². The molecule has 4 nitrogen and oxygen atoms in total. The molecular formula is C23H25ClN2O2. The zero-order valence-corrected chi connectivity index (χ0v) is 16.9. The summed E-state index contributed by atoms with van der Waals surface area (Å²) in [5.74, 6) is 0.334. The number of halogens is 1. The Morgan fingerprint density at radius 2 is 1.68 bits per heavy atom. The first kappa shape index (κ1) is 19.0. The van der Waals surface area contributed by atoms with Gasteiger partial charge in [0.25, 0.3) is 0 Å².